The standard InChI is InChI=1S/C29H24N4O/c1-20-27(17-32-21(2)29(20)34-19-24-5-3-4-23(14-24)16-31)18-33-28-12-10-26(11-13-28)25-8-6-22(15-30)7-9-25/h3-14,17,33H,18-19H2,1-2H3. The lowest BCUT2D eigenvalue weighted by Gasteiger charge is -2.16. The van der Waals surface area contributed by atoms with Crippen LogP contribution in [0.1, 0.15) is 33.5 Å². The van der Waals surface area contributed by atoms with Crippen LogP contribution in [0, 0.1) is 36.5 Å². The fourth-order valence-corrected chi connectivity index (χ4v) is 3.74. The maximum atomic E-state index is 9.10. The van der Waals surface area contributed by atoms with Gasteiger partial charge in [0.2, 0.25) is 0 Å². The van der Waals surface area contributed by atoms with E-state index in [0.717, 1.165) is 44.9 Å². The van der Waals surface area contributed by atoms with Crippen molar-refractivity contribution >= 4 is 5.69 Å². The number of nitrogens with zero attached hydrogens (tertiary/aromatic N) is 3. The van der Waals surface area contributed by atoms with E-state index in [2.05, 4.69) is 34.6 Å². The number of anilines is 1. The van der Waals surface area contributed by atoms with Crippen LogP contribution in [0.4, 0.5) is 5.69 Å². The molecule has 1 N–H and O–H groups in total. The van der Waals surface area contributed by atoms with Crippen LogP contribution in [0.3, 0.4) is 0 Å². The van der Waals surface area contributed by atoms with E-state index in [4.69, 9.17) is 15.3 Å². The van der Waals surface area contributed by atoms with Gasteiger partial charge >= 0.3 is 0 Å². The van der Waals surface area contributed by atoms with Crippen molar-refractivity contribution in [3.8, 4) is 29.0 Å². The summed E-state index contributed by atoms with van der Waals surface area (Å²) < 4.78 is 6.11. The minimum absolute atomic E-state index is 0.382. The molecule has 0 bridgehead atoms. The third-order valence-electron chi connectivity index (χ3n) is 5.72. The van der Waals surface area contributed by atoms with Crippen LogP contribution in [-0.2, 0) is 13.2 Å². The number of aromatic nitrogens is 1. The lowest BCUT2D eigenvalue weighted by atomic mass is 10.0. The van der Waals surface area contributed by atoms with Crippen molar-refractivity contribution in [3.63, 3.8) is 0 Å². The van der Waals surface area contributed by atoms with Crippen molar-refractivity contribution in [1.29, 1.82) is 10.5 Å². The quantitative estimate of drug-likeness (QED) is 0.362. The van der Waals surface area contributed by atoms with E-state index in [1.54, 1.807) is 6.07 Å². The molecule has 0 radical (unpaired) electrons. The molecule has 0 saturated heterocycles. The molecular weight excluding hydrogens is 420 g/mol. The second-order valence-corrected chi connectivity index (χ2v) is 8.04. The largest absolute Gasteiger partial charge is 0.487 e. The summed E-state index contributed by atoms with van der Waals surface area (Å²) in [5.41, 5.74) is 8.35. The molecule has 166 valence electrons. The van der Waals surface area contributed by atoms with E-state index in [1.807, 2.05) is 74.6 Å². The zero-order valence-electron chi connectivity index (χ0n) is 19.2. The normalized spacial score (nSPS) is 10.2. The average Bonchev–Trinajstić information content (AvgIpc) is 2.88. The van der Waals surface area contributed by atoms with Gasteiger partial charge in [-0.25, -0.2) is 0 Å². The maximum absolute atomic E-state index is 9.10. The van der Waals surface area contributed by atoms with Gasteiger partial charge in [0.25, 0.3) is 0 Å². The molecule has 0 atom stereocenters. The Hall–Kier alpha value is -4.61. The maximum Gasteiger partial charge on any atom is 0.144 e. The van der Waals surface area contributed by atoms with Crippen LogP contribution in [0.5, 0.6) is 5.75 Å². The molecule has 0 amide bonds. The van der Waals surface area contributed by atoms with Crippen molar-refractivity contribution in [2.24, 2.45) is 0 Å². The van der Waals surface area contributed by atoms with Crippen molar-refractivity contribution in [2.45, 2.75) is 27.0 Å². The molecule has 5 nitrogen and oxygen atoms in total. The number of rotatable bonds is 7. The molecule has 4 rings (SSSR count). The number of nitriles is 2. The third kappa shape index (κ3) is 5.23. The molecule has 4 aromatic rings. The van der Waals surface area contributed by atoms with E-state index in [0.29, 0.717) is 24.3 Å². The third-order valence-corrected chi connectivity index (χ3v) is 5.72. The summed E-state index contributed by atoms with van der Waals surface area (Å²) in [5, 5.41) is 21.5. The number of hydrogen-bond donors (Lipinski definition) is 1. The Morgan fingerprint density at radius 2 is 1.53 bits per heavy atom. The zero-order chi connectivity index (χ0) is 23.9. The smallest absolute Gasteiger partial charge is 0.144 e. The van der Waals surface area contributed by atoms with E-state index in [9.17, 15) is 0 Å². The minimum atomic E-state index is 0.382. The highest BCUT2D eigenvalue weighted by atomic mass is 16.5. The summed E-state index contributed by atoms with van der Waals surface area (Å²) in [6, 6.07) is 27.5. The molecule has 1 aromatic heterocycles. The highest BCUT2D eigenvalue weighted by Crippen LogP contribution is 2.27. The van der Waals surface area contributed by atoms with Gasteiger partial charge < -0.3 is 10.1 Å². The first-order valence-corrected chi connectivity index (χ1v) is 11.0. The summed E-state index contributed by atoms with van der Waals surface area (Å²) in [5.74, 6) is 0.776. The van der Waals surface area contributed by atoms with Gasteiger partial charge in [0.15, 0.2) is 0 Å². The Kier molecular flexibility index (Phi) is 6.87. The fourth-order valence-electron chi connectivity index (χ4n) is 3.74. The van der Waals surface area contributed by atoms with Crippen LogP contribution in [-0.4, -0.2) is 4.98 Å². The monoisotopic (exact) mass is 444 g/mol. The van der Waals surface area contributed by atoms with Gasteiger partial charge in [-0.1, -0.05) is 36.4 Å². The first-order valence-electron chi connectivity index (χ1n) is 11.0. The fraction of sp³-hybridized carbons (Fsp3) is 0.138. The Morgan fingerprint density at radius 3 is 2.21 bits per heavy atom. The number of nitrogens with one attached hydrogen (secondary N) is 1. The number of aryl methyl sites for hydroxylation is 1. The van der Waals surface area contributed by atoms with E-state index in [1.165, 1.54) is 0 Å². The van der Waals surface area contributed by atoms with Crippen LogP contribution < -0.4 is 10.1 Å². The molecule has 5 heteroatoms. The van der Waals surface area contributed by atoms with Crippen LogP contribution >= 0.6 is 0 Å². The molecule has 1 heterocycles. The lowest BCUT2D eigenvalue weighted by Crippen LogP contribution is -2.06. The summed E-state index contributed by atoms with van der Waals surface area (Å²) in [4.78, 5) is 4.53. The highest BCUT2D eigenvalue weighted by molar-refractivity contribution is 5.66. The molecule has 0 aliphatic carbocycles. The molecule has 3 aromatic carbocycles. The number of benzene rings is 3. The molecular formula is C29H24N4O. The first kappa shape index (κ1) is 22.6. The first-order chi connectivity index (χ1) is 16.6. The average molecular weight is 445 g/mol. The second-order valence-electron chi connectivity index (χ2n) is 8.04. The van der Waals surface area contributed by atoms with Gasteiger partial charge in [-0.05, 0) is 78.1 Å². The summed E-state index contributed by atoms with van der Waals surface area (Å²) in [6.07, 6.45) is 1.88. The predicted molar refractivity (Wildman–Crippen MR) is 133 cm³/mol. The zero-order valence-corrected chi connectivity index (χ0v) is 19.2. The molecule has 34 heavy (non-hydrogen) atoms. The van der Waals surface area contributed by atoms with Gasteiger partial charge in [-0.15, -0.1) is 0 Å². The van der Waals surface area contributed by atoms with Crippen LogP contribution in [0.25, 0.3) is 11.1 Å². The lowest BCUT2D eigenvalue weighted by molar-refractivity contribution is 0.300. The van der Waals surface area contributed by atoms with Crippen molar-refractivity contribution < 1.29 is 4.74 Å². The highest BCUT2D eigenvalue weighted by Gasteiger charge is 2.11. The Labute approximate surface area is 199 Å². The second kappa shape index (κ2) is 10.3. The summed E-state index contributed by atoms with van der Waals surface area (Å²) in [7, 11) is 0. The summed E-state index contributed by atoms with van der Waals surface area (Å²) in [6.45, 7) is 4.98. The van der Waals surface area contributed by atoms with E-state index >= 15 is 0 Å². The molecule has 0 spiro atoms. The van der Waals surface area contributed by atoms with Gasteiger partial charge in [0, 0.05) is 18.4 Å². The Balaban J connectivity index is 1.42. The van der Waals surface area contributed by atoms with E-state index < -0.39 is 0 Å². The topological polar surface area (TPSA) is 81.7 Å². The molecule has 0 aliphatic heterocycles. The summed E-state index contributed by atoms with van der Waals surface area (Å²) >= 11 is 0. The van der Waals surface area contributed by atoms with Gasteiger partial charge in [-0.2, -0.15) is 10.5 Å². The predicted octanol–water partition coefficient (Wildman–Crippen LogP) is 6.30. The Bertz CT molecular complexity index is 1380. The molecule has 0 unspecified atom stereocenters. The van der Waals surface area contributed by atoms with Crippen molar-refractivity contribution in [1.82, 2.24) is 4.98 Å². The van der Waals surface area contributed by atoms with Crippen LogP contribution in [0.2, 0.25) is 0 Å². The van der Waals surface area contributed by atoms with Gasteiger partial charge in [0.1, 0.15) is 12.4 Å². The van der Waals surface area contributed by atoms with Crippen molar-refractivity contribution in [2.75, 3.05) is 5.32 Å². The number of hydrogen-bond acceptors (Lipinski definition) is 5. The van der Waals surface area contributed by atoms with Gasteiger partial charge in [0.05, 0.1) is 29.0 Å². The Morgan fingerprint density at radius 1 is 0.853 bits per heavy atom. The van der Waals surface area contributed by atoms with Gasteiger partial charge in [-0.3, -0.25) is 4.98 Å². The minimum Gasteiger partial charge on any atom is -0.487 e. The SMILES string of the molecule is Cc1ncc(CNc2ccc(-c3ccc(C#N)cc3)cc2)c(C)c1OCc1cccc(C#N)c1. The van der Waals surface area contributed by atoms with E-state index in [-0.39, 0.29) is 0 Å². The van der Waals surface area contributed by atoms with Crippen molar-refractivity contribution in [3.05, 3.63) is 113 Å². The molecule has 0 fully saturated rings. The van der Waals surface area contributed by atoms with Crippen LogP contribution in [0.15, 0.2) is 79.0 Å². The molecule has 0 saturated carbocycles. The number of ether oxygens (including phenoxy) is 1. The number of pyridine rings is 1. The molecule has 0 aliphatic rings.